The number of ether oxygens (including phenoxy) is 1. The summed E-state index contributed by atoms with van der Waals surface area (Å²) in [7, 11) is -2.94. The van der Waals surface area contributed by atoms with Gasteiger partial charge in [0.2, 0.25) is 11.8 Å². The Morgan fingerprint density at radius 3 is 2.37 bits per heavy atom. The lowest BCUT2D eigenvalue weighted by Gasteiger charge is -2.33. The van der Waals surface area contributed by atoms with Gasteiger partial charge in [0.15, 0.2) is 0 Å². The third-order valence-corrected chi connectivity index (χ3v) is 9.72. The summed E-state index contributed by atoms with van der Waals surface area (Å²) in [5.41, 5.74) is 1.10. The molecule has 2 amide bonds. The molecule has 3 aromatic rings. The minimum atomic E-state index is -4.33. The maximum absolute atomic E-state index is 14.8. The number of benzene rings is 3. The van der Waals surface area contributed by atoms with E-state index in [0.29, 0.717) is 0 Å². The first kappa shape index (κ1) is 32.3. The minimum absolute atomic E-state index is 0.0109. The van der Waals surface area contributed by atoms with Crippen LogP contribution in [0.1, 0.15) is 50.2 Å². The van der Waals surface area contributed by atoms with Crippen molar-refractivity contribution in [2.24, 2.45) is 0 Å². The van der Waals surface area contributed by atoms with Crippen molar-refractivity contribution in [3.8, 4) is 5.75 Å². The summed E-state index contributed by atoms with van der Waals surface area (Å²) in [6.45, 7) is 2.46. The fourth-order valence-electron chi connectivity index (χ4n) is 5.17. The topological polar surface area (TPSA) is 96.0 Å². The van der Waals surface area contributed by atoms with Crippen LogP contribution in [0.3, 0.4) is 0 Å². The van der Waals surface area contributed by atoms with Gasteiger partial charge in [-0.15, -0.1) is 0 Å². The molecule has 8 nitrogen and oxygen atoms in total. The van der Waals surface area contributed by atoms with Gasteiger partial charge in [-0.2, -0.15) is 0 Å². The Labute approximate surface area is 257 Å². The zero-order valence-corrected chi connectivity index (χ0v) is 26.1. The molecule has 3 aromatic carbocycles. The maximum atomic E-state index is 14.8. The van der Waals surface area contributed by atoms with Crippen molar-refractivity contribution >= 4 is 39.1 Å². The maximum Gasteiger partial charge on any atom is 0.264 e. The first-order valence-corrected chi connectivity index (χ1v) is 16.1. The molecule has 0 heterocycles. The number of anilines is 1. The number of methoxy groups -OCH3 is 1. The highest BCUT2D eigenvalue weighted by Crippen LogP contribution is 2.35. The highest BCUT2D eigenvalue weighted by atomic mass is 35.5. The van der Waals surface area contributed by atoms with Gasteiger partial charge in [0, 0.05) is 23.2 Å². The predicted octanol–water partition coefficient (Wildman–Crippen LogP) is 5.86. The molecule has 0 spiro atoms. The molecule has 1 aliphatic carbocycles. The van der Waals surface area contributed by atoms with Gasteiger partial charge in [0.05, 0.1) is 17.7 Å². The fraction of sp³-hybridized carbons (Fsp3) is 0.375. The summed E-state index contributed by atoms with van der Waals surface area (Å²) >= 11 is 6.28. The lowest BCUT2D eigenvalue weighted by atomic mass is 9.95. The van der Waals surface area contributed by atoms with Gasteiger partial charge in [-0.1, -0.05) is 66.8 Å². The monoisotopic (exact) mass is 629 g/mol. The molecule has 11 heteroatoms. The third-order valence-electron chi connectivity index (χ3n) is 7.71. The van der Waals surface area contributed by atoms with Crippen molar-refractivity contribution < 1.29 is 27.1 Å². The largest absolute Gasteiger partial charge is 0.495 e. The normalized spacial score (nSPS) is 14.5. The van der Waals surface area contributed by atoms with E-state index in [4.69, 9.17) is 16.3 Å². The van der Waals surface area contributed by atoms with Crippen molar-refractivity contribution in [3.05, 3.63) is 88.7 Å². The van der Waals surface area contributed by atoms with Crippen molar-refractivity contribution in [2.45, 2.75) is 69.5 Å². The van der Waals surface area contributed by atoms with Gasteiger partial charge in [0.1, 0.15) is 24.2 Å². The number of carbonyl (C=O) groups is 2. The molecule has 1 fully saturated rings. The van der Waals surface area contributed by atoms with E-state index in [1.807, 2.05) is 6.92 Å². The van der Waals surface area contributed by atoms with E-state index in [-0.39, 0.29) is 45.4 Å². The van der Waals surface area contributed by atoms with Crippen molar-refractivity contribution in [1.82, 2.24) is 10.2 Å². The van der Waals surface area contributed by atoms with Gasteiger partial charge in [0.25, 0.3) is 10.0 Å². The second-order valence-corrected chi connectivity index (χ2v) is 13.1. The summed E-state index contributed by atoms with van der Waals surface area (Å²) < 4.78 is 49.3. The molecular weight excluding hydrogens is 593 g/mol. The van der Waals surface area contributed by atoms with Crippen LogP contribution in [0.2, 0.25) is 5.02 Å². The molecule has 0 unspecified atom stereocenters. The van der Waals surface area contributed by atoms with Crippen molar-refractivity contribution in [2.75, 3.05) is 18.0 Å². The lowest BCUT2D eigenvalue weighted by molar-refractivity contribution is -0.139. The smallest absolute Gasteiger partial charge is 0.264 e. The number of nitrogens with one attached hydrogen (secondary N) is 1. The van der Waals surface area contributed by atoms with Crippen LogP contribution in [-0.2, 0) is 26.2 Å². The molecule has 0 saturated heterocycles. The quantitative estimate of drug-likeness (QED) is 0.287. The van der Waals surface area contributed by atoms with Gasteiger partial charge >= 0.3 is 0 Å². The van der Waals surface area contributed by atoms with Crippen LogP contribution < -0.4 is 14.4 Å². The summed E-state index contributed by atoms with van der Waals surface area (Å²) in [4.78, 5) is 28.7. The van der Waals surface area contributed by atoms with Gasteiger partial charge in [-0.3, -0.25) is 13.9 Å². The fourth-order valence-corrected chi connectivity index (χ4v) is 6.75. The molecule has 0 bridgehead atoms. The van der Waals surface area contributed by atoms with Crippen LogP contribution in [-0.4, -0.2) is 50.9 Å². The Morgan fingerprint density at radius 1 is 1.05 bits per heavy atom. The lowest BCUT2D eigenvalue weighted by Crippen LogP contribution is -2.53. The van der Waals surface area contributed by atoms with E-state index >= 15 is 0 Å². The van der Waals surface area contributed by atoms with E-state index in [1.54, 1.807) is 31.2 Å². The van der Waals surface area contributed by atoms with E-state index in [2.05, 4.69) is 5.32 Å². The zero-order valence-electron chi connectivity index (χ0n) is 24.6. The molecule has 0 radical (unpaired) electrons. The summed E-state index contributed by atoms with van der Waals surface area (Å²) in [6, 6.07) is 15.6. The van der Waals surface area contributed by atoms with Gasteiger partial charge in [-0.25, -0.2) is 12.8 Å². The second-order valence-electron chi connectivity index (χ2n) is 10.8. The number of aryl methyl sites for hydroxylation is 1. The number of rotatable bonds is 11. The molecule has 0 aromatic heterocycles. The number of carbonyl (C=O) groups excluding carboxylic acids is 2. The standard InChI is InChI=1S/C32H37ClFN3O5S/c1-22-13-16-27(17-14-22)43(40,41)37(29-19-25(33)15-18-30(29)42-3)21-31(38)36(20-24-9-7-8-12-28(24)34)23(2)32(39)35-26-10-5-4-6-11-26/h7-9,12-19,23,26H,4-6,10-11,20-21H2,1-3H3,(H,35,39)/t23-/m0/s1. The number of halogens is 2. The van der Waals surface area contributed by atoms with Crippen LogP contribution in [0.15, 0.2) is 71.6 Å². The second kappa shape index (κ2) is 14.2. The Bertz CT molecular complexity index is 1540. The Hall–Kier alpha value is -3.63. The molecule has 1 saturated carbocycles. The molecule has 0 aliphatic heterocycles. The molecule has 4 rings (SSSR count). The molecule has 43 heavy (non-hydrogen) atoms. The molecular formula is C32H37ClFN3O5S. The van der Waals surface area contributed by atoms with Crippen LogP contribution in [0, 0.1) is 12.7 Å². The molecule has 230 valence electrons. The van der Waals surface area contributed by atoms with E-state index in [1.165, 1.54) is 54.5 Å². The summed E-state index contributed by atoms with van der Waals surface area (Å²) in [6.07, 6.45) is 4.81. The van der Waals surface area contributed by atoms with Crippen molar-refractivity contribution in [3.63, 3.8) is 0 Å². The number of hydrogen-bond donors (Lipinski definition) is 1. The highest BCUT2D eigenvalue weighted by molar-refractivity contribution is 7.92. The minimum Gasteiger partial charge on any atom is -0.495 e. The van der Waals surface area contributed by atoms with Crippen LogP contribution >= 0.6 is 11.6 Å². The van der Waals surface area contributed by atoms with Gasteiger partial charge < -0.3 is 15.0 Å². The summed E-state index contributed by atoms with van der Waals surface area (Å²) in [5, 5.41) is 3.26. The number of amides is 2. The SMILES string of the molecule is COc1ccc(Cl)cc1N(CC(=O)N(Cc1ccccc1F)[C@@H](C)C(=O)NC1CCCCC1)S(=O)(=O)c1ccc(C)cc1. The van der Waals surface area contributed by atoms with Gasteiger partial charge in [-0.05, 0) is 63.1 Å². The molecule has 1 atom stereocenters. The molecule has 1 aliphatic rings. The van der Waals surface area contributed by atoms with Crippen LogP contribution in [0.5, 0.6) is 5.75 Å². The average Bonchev–Trinajstić information content (AvgIpc) is 2.99. The number of sulfonamides is 1. The van der Waals surface area contributed by atoms with Crippen LogP contribution in [0.25, 0.3) is 0 Å². The first-order valence-electron chi connectivity index (χ1n) is 14.3. The first-order chi connectivity index (χ1) is 20.5. The Morgan fingerprint density at radius 2 is 1.72 bits per heavy atom. The predicted molar refractivity (Wildman–Crippen MR) is 165 cm³/mol. The Balaban J connectivity index is 1.74. The highest BCUT2D eigenvalue weighted by Gasteiger charge is 2.34. The van der Waals surface area contributed by atoms with E-state index < -0.39 is 34.3 Å². The molecule has 1 N–H and O–H groups in total. The van der Waals surface area contributed by atoms with Crippen molar-refractivity contribution in [1.29, 1.82) is 0 Å². The average molecular weight is 630 g/mol. The zero-order chi connectivity index (χ0) is 31.1. The number of hydrogen-bond acceptors (Lipinski definition) is 5. The number of nitrogens with zero attached hydrogens (tertiary/aromatic N) is 2. The van der Waals surface area contributed by atoms with Crippen LogP contribution in [0.4, 0.5) is 10.1 Å². The van der Waals surface area contributed by atoms with E-state index in [0.717, 1.165) is 42.0 Å². The Kier molecular flexibility index (Phi) is 10.7. The van der Waals surface area contributed by atoms with E-state index in [9.17, 15) is 22.4 Å². The summed E-state index contributed by atoms with van der Waals surface area (Å²) in [5.74, 6) is -1.45. The third kappa shape index (κ3) is 7.86.